The predicted octanol–water partition coefficient (Wildman–Crippen LogP) is 1.50. The van der Waals surface area contributed by atoms with Gasteiger partial charge in [-0.3, -0.25) is 10.3 Å². The number of aromatic nitrogens is 1. The number of rotatable bonds is 3. The van der Waals surface area contributed by atoms with Gasteiger partial charge in [-0.15, -0.1) is 6.42 Å². The quantitative estimate of drug-likeness (QED) is 0.709. The van der Waals surface area contributed by atoms with Crippen molar-refractivity contribution in [2.75, 3.05) is 6.54 Å². The first kappa shape index (κ1) is 9.69. The summed E-state index contributed by atoms with van der Waals surface area (Å²) in [5.74, 6) is 2.14. The first-order valence-corrected chi connectivity index (χ1v) is 4.02. The third-order valence-corrected chi connectivity index (χ3v) is 1.70. The number of nitrogens with zero attached hydrogens (tertiary/aromatic N) is 1. The van der Waals surface area contributed by atoms with Crippen molar-refractivity contribution in [3.8, 4) is 12.3 Å². The standard InChI is InChI=1S/C10H11FN2/c1-3-6-12-8(2)10-5-4-9(11)7-13-10/h1,4-5,7-8,12H,6H2,2H3. The Labute approximate surface area is 77.2 Å². The molecule has 13 heavy (non-hydrogen) atoms. The number of pyridine rings is 1. The average molecular weight is 178 g/mol. The second-order valence-electron chi connectivity index (χ2n) is 2.71. The van der Waals surface area contributed by atoms with E-state index in [1.165, 1.54) is 12.3 Å². The molecule has 0 radical (unpaired) electrons. The lowest BCUT2D eigenvalue weighted by atomic mass is 10.2. The topological polar surface area (TPSA) is 24.9 Å². The fourth-order valence-corrected chi connectivity index (χ4v) is 0.960. The average Bonchev–Trinajstić information content (AvgIpc) is 2.15. The van der Waals surface area contributed by atoms with E-state index < -0.39 is 0 Å². The summed E-state index contributed by atoms with van der Waals surface area (Å²) in [6, 6.07) is 3.08. The maximum atomic E-state index is 12.5. The molecular formula is C10H11FN2. The van der Waals surface area contributed by atoms with Crippen LogP contribution in [-0.2, 0) is 0 Å². The molecule has 0 aliphatic heterocycles. The zero-order valence-corrected chi connectivity index (χ0v) is 7.42. The lowest BCUT2D eigenvalue weighted by molar-refractivity contribution is 0.588. The molecule has 0 amide bonds. The van der Waals surface area contributed by atoms with Gasteiger partial charge in [-0.05, 0) is 19.1 Å². The van der Waals surface area contributed by atoms with E-state index >= 15 is 0 Å². The van der Waals surface area contributed by atoms with Crippen molar-refractivity contribution >= 4 is 0 Å². The van der Waals surface area contributed by atoms with E-state index in [4.69, 9.17) is 6.42 Å². The van der Waals surface area contributed by atoms with E-state index in [-0.39, 0.29) is 11.9 Å². The van der Waals surface area contributed by atoms with E-state index in [0.29, 0.717) is 6.54 Å². The minimum absolute atomic E-state index is 0.0525. The molecule has 1 atom stereocenters. The van der Waals surface area contributed by atoms with E-state index in [9.17, 15) is 4.39 Å². The van der Waals surface area contributed by atoms with Crippen LogP contribution in [0.25, 0.3) is 0 Å². The van der Waals surface area contributed by atoms with Crippen molar-refractivity contribution < 1.29 is 4.39 Å². The van der Waals surface area contributed by atoms with E-state index in [0.717, 1.165) is 5.69 Å². The lowest BCUT2D eigenvalue weighted by Crippen LogP contribution is -2.19. The van der Waals surface area contributed by atoms with Crippen LogP contribution in [0.15, 0.2) is 18.3 Å². The number of terminal acetylenes is 1. The molecule has 1 aromatic heterocycles. The van der Waals surface area contributed by atoms with Crippen molar-refractivity contribution in [1.82, 2.24) is 10.3 Å². The van der Waals surface area contributed by atoms with Gasteiger partial charge in [-0.25, -0.2) is 4.39 Å². The lowest BCUT2D eigenvalue weighted by Gasteiger charge is -2.10. The van der Waals surface area contributed by atoms with Gasteiger partial charge < -0.3 is 0 Å². The molecule has 0 aliphatic carbocycles. The number of hydrogen-bond acceptors (Lipinski definition) is 2. The monoisotopic (exact) mass is 178 g/mol. The molecule has 0 aliphatic rings. The Kier molecular flexibility index (Phi) is 3.41. The second kappa shape index (κ2) is 4.58. The van der Waals surface area contributed by atoms with Crippen molar-refractivity contribution in [3.05, 3.63) is 29.8 Å². The first-order valence-electron chi connectivity index (χ1n) is 4.02. The largest absolute Gasteiger partial charge is 0.298 e. The van der Waals surface area contributed by atoms with Gasteiger partial charge in [0.2, 0.25) is 0 Å². The smallest absolute Gasteiger partial charge is 0.141 e. The van der Waals surface area contributed by atoms with E-state index in [1.807, 2.05) is 6.92 Å². The summed E-state index contributed by atoms with van der Waals surface area (Å²) in [6.07, 6.45) is 6.28. The van der Waals surface area contributed by atoms with Crippen LogP contribution in [0.4, 0.5) is 4.39 Å². The Morgan fingerprint density at radius 1 is 1.69 bits per heavy atom. The molecule has 0 spiro atoms. The van der Waals surface area contributed by atoms with Crippen LogP contribution in [0.5, 0.6) is 0 Å². The molecule has 0 saturated heterocycles. The van der Waals surface area contributed by atoms with Crippen LogP contribution in [0.1, 0.15) is 18.7 Å². The molecule has 1 aromatic rings. The molecule has 0 saturated carbocycles. The molecule has 1 N–H and O–H groups in total. The number of hydrogen-bond donors (Lipinski definition) is 1. The summed E-state index contributed by atoms with van der Waals surface area (Å²) in [4.78, 5) is 3.93. The van der Waals surface area contributed by atoms with Crippen LogP contribution in [0.3, 0.4) is 0 Å². The summed E-state index contributed by atoms with van der Waals surface area (Å²) in [5.41, 5.74) is 0.789. The van der Waals surface area contributed by atoms with Gasteiger partial charge in [0.1, 0.15) is 5.82 Å². The highest BCUT2D eigenvalue weighted by Gasteiger charge is 2.04. The minimum atomic E-state index is -0.326. The van der Waals surface area contributed by atoms with E-state index in [2.05, 4.69) is 16.2 Å². The van der Waals surface area contributed by atoms with Crippen LogP contribution in [-0.4, -0.2) is 11.5 Å². The van der Waals surface area contributed by atoms with Gasteiger partial charge >= 0.3 is 0 Å². The van der Waals surface area contributed by atoms with Gasteiger partial charge in [-0.2, -0.15) is 0 Å². The summed E-state index contributed by atoms with van der Waals surface area (Å²) in [7, 11) is 0. The fourth-order valence-electron chi connectivity index (χ4n) is 0.960. The SMILES string of the molecule is C#CCNC(C)c1ccc(F)cn1. The molecule has 0 aromatic carbocycles. The molecule has 3 heteroatoms. The zero-order chi connectivity index (χ0) is 9.68. The minimum Gasteiger partial charge on any atom is -0.298 e. The predicted molar refractivity (Wildman–Crippen MR) is 49.4 cm³/mol. The fraction of sp³-hybridized carbons (Fsp3) is 0.300. The third kappa shape index (κ3) is 2.85. The van der Waals surface area contributed by atoms with Crippen molar-refractivity contribution in [2.24, 2.45) is 0 Å². The molecule has 0 fully saturated rings. The second-order valence-corrected chi connectivity index (χ2v) is 2.71. The number of halogens is 1. The molecule has 2 nitrogen and oxygen atoms in total. The zero-order valence-electron chi connectivity index (χ0n) is 7.42. The Morgan fingerprint density at radius 2 is 2.46 bits per heavy atom. The van der Waals surface area contributed by atoms with Crippen LogP contribution in [0, 0.1) is 18.2 Å². The molecule has 1 heterocycles. The highest BCUT2D eigenvalue weighted by Crippen LogP contribution is 2.08. The maximum absolute atomic E-state index is 12.5. The Hall–Kier alpha value is -1.40. The van der Waals surface area contributed by atoms with Crippen molar-refractivity contribution in [3.63, 3.8) is 0 Å². The number of nitrogens with one attached hydrogen (secondary N) is 1. The normalized spacial score (nSPS) is 12.1. The highest BCUT2D eigenvalue weighted by atomic mass is 19.1. The molecule has 68 valence electrons. The summed E-state index contributed by atoms with van der Waals surface area (Å²) >= 11 is 0. The van der Waals surface area contributed by atoms with E-state index in [1.54, 1.807) is 6.07 Å². The Bertz CT molecular complexity index is 300. The molecular weight excluding hydrogens is 167 g/mol. The van der Waals surface area contributed by atoms with Gasteiger partial charge in [0.25, 0.3) is 0 Å². The highest BCUT2D eigenvalue weighted by molar-refractivity contribution is 5.09. The Morgan fingerprint density at radius 3 is 3.00 bits per heavy atom. The van der Waals surface area contributed by atoms with Crippen LogP contribution < -0.4 is 5.32 Å². The summed E-state index contributed by atoms with van der Waals surface area (Å²) in [6.45, 7) is 2.41. The van der Waals surface area contributed by atoms with Gasteiger partial charge in [-0.1, -0.05) is 5.92 Å². The van der Waals surface area contributed by atoms with Crippen molar-refractivity contribution in [2.45, 2.75) is 13.0 Å². The van der Waals surface area contributed by atoms with Gasteiger partial charge in [0.05, 0.1) is 18.4 Å². The van der Waals surface area contributed by atoms with Gasteiger partial charge in [0.15, 0.2) is 0 Å². The van der Waals surface area contributed by atoms with Gasteiger partial charge in [0, 0.05) is 6.04 Å². The molecule has 0 bridgehead atoms. The summed E-state index contributed by atoms with van der Waals surface area (Å²) in [5, 5.41) is 3.05. The van der Waals surface area contributed by atoms with Crippen molar-refractivity contribution in [1.29, 1.82) is 0 Å². The summed E-state index contributed by atoms with van der Waals surface area (Å²) < 4.78 is 12.5. The van der Waals surface area contributed by atoms with Crippen LogP contribution in [0.2, 0.25) is 0 Å². The Balaban J connectivity index is 2.62. The third-order valence-electron chi connectivity index (χ3n) is 1.70. The first-order chi connectivity index (χ1) is 6.24. The molecule has 1 unspecified atom stereocenters. The van der Waals surface area contributed by atoms with Crippen LogP contribution >= 0.6 is 0 Å². The molecule has 1 rings (SSSR count). The maximum Gasteiger partial charge on any atom is 0.141 e.